The van der Waals surface area contributed by atoms with E-state index in [2.05, 4.69) is 45.4 Å². The highest BCUT2D eigenvalue weighted by Crippen LogP contribution is 2.41. The molecule has 0 radical (unpaired) electrons. The van der Waals surface area contributed by atoms with Gasteiger partial charge in [-0.1, -0.05) is 12.1 Å². The minimum atomic E-state index is 0.506. The van der Waals surface area contributed by atoms with E-state index in [4.69, 9.17) is 4.52 Å². The molecule has 1 fully saturated rings. The summed E-state index contributed by atoms with van der Waals surface area (Å²) in [4.78, 5) is 4.05. The third kappa shape index (κ3) is 3.04. The van der Waals surface area contributed by atoms with Crippen molar-refractivity contribution in [1.29, 1.82) is 0 Å². The Kier molecular flexibility index (Phi) is 3.64. The van der Waals surface area contributed by atoms with Crippen LogP contribution in [0.25, 0.3) is 0 Å². The van der Waals surface area contributed by atoms with Crippen LogP contribution in [0, 0.1) is 5.92 Å². The number of hydrogen-bond donors (Lipinski definition) is 1. The zero-order chi connectivity index (χ0) is 13.1. The molecule has 0 spiro atoms. The first-order valence-electron chi connectivity index (χ1n) is 7.01. The van der Waals surface area contributed by atoms with Gasteiger partial charge in [-0.25, -0.2) is 0 Å². The van der Waals surface area contributed by atoms with Gasteiger partial charge in [0.05, 0.1) is 6.54 Å². The molecule has 1 aliphatic rings. The monoisotopic (exact) mass is 260 g/mol. The molecule has 102 valence electrons. The first-order valence-corrected chi connectivity index (χ1v) is 7.01. The van der Waals surface area contributed by atoms with Gasteiger partial charge in [0.2, 0.25) is 6.39 Å². The van der Waals surface area contributed by atoms with Crippen LogP contribution in [0.5, 0.6) is 0 Å². The summed E-state index contributed by atoms with van der Waals surface area (Å²) >= 11 is 0. The van der Waals surface area contributed by atoms with Gasteiger partial charge in [-0.05, 0) is 43.4 Å². The Labute approximate surface area is 113 Å². The van der Waals surface area contributed by atoms with E-state index in [1.165, 1.54) is 31.2 Å². The van der Waals surface area contributed by atoms with Gasteiger partial charge < -0.3 is 14.4 Å². The first-order chi connectivity index (χ1) is 9.36. The third-order valence-electron chi connectivity index (χ3n) is 3.57. The van der Waals surface area contributed by atoms with Crippen LogP contribution in [-0.2, 0) is 6.54 Å². The molecule has 2 aromatic rings. The lowest BCUT2D eigenvalue weighted by atomic mass is 10.1. The molecule has 1 atom stereocenters. The molecule has 0 amide bonds. The van der Waals surface area contributed by atoms with Gasteiger partial charge >= 0.3 is 0 Å². The van der Waals surface area contributed by atoms with Crippen molar-refractivity contribution in [1.82, 2.24) is 20.0 Å². The molecule has 19 heavy (non-hydrogen) atoms. The second kappa shape index (κ2) is 5.57. The number of rotatable bonds is 7. The molecule has 3 rings (SSSR count). The molecule has 0 aromatic carbocycles. The minimum Gasteiger partial charge on any atom is -0.346 e. The molecule has 1 saturated carbocycles. The number of nitrogens with one attached hydrogen (secondary N) is 1. The van der Waals surface area contributed by atoms with Crippen LogP contribution in [0.2, 0.25) is 0 Å². The molecule has 2 heterocycles. The van der Waals surface area contributed by atoms with Crippen LogP contribution in [0.3, 0.4) is 0 Å². The van der Waals surface area contributed by atoms with Crippen molar-refractivity contribution in [3.05, 3.63) is 36.2 Å². The molecule has 5 nitrogen and oxygen atoms in total. The summed E-state index contributed by atoms with van der Waals surface area (Å²) in [6.07, 6.45) is 9.52. The Morgan fingerprint density at radius 2 is 2.42 bits per heavy atom. The highest BCUT2D eigenvalue weighted by molar-refractivity contribution is 5.18. The zero-order valence-corrected chi connectivity index (χ0v) is 11.2. The third-order valence-corrected chi connectivity index (χ3v) is 3.57. The van der Waals surface area contributed by atoms with Crippen LogP contribution < -0.4 is 5.32 Å². The topological polar surface area (TPSA) is 55.9 Å². The molecule has 1 N–H and O–H groups in total. The standard InChI is InChI=1S/C14H20N4O/c1-2-6-15-14(11-3-4-11)12-5-7-18(8-12)9-13-16-10-19-17-13/h5,7-8,10-11,14-15H,2-4,6,9H2,1H3. The highest BCUT2D eigenvalue weighted by Gasteiger charge is 2.32. The van der Waals surface area contributed by atoms with E-state index >= 15 is 0 Å². The second-order valence-corrected chi connectivity index (χ2v) is 5.23. The van der Waals surface area contributed by atoms with Gasteiger partial charge in [-0.2, -0.15) is 4.98 Å². The van der Waals surface area contributed by atoms with E-state index in [9.17, 15) is 0 Å². The van der Waals surface area contributed by atoms with Crippen molar-refractivity contribution in [2.24, 2.45) is 5.92 Å². The van der Waals surface area contributed by atoms with Crippen molar-refractivity contribution in [3.8, 4) is 0 Å². The minimum absolute atomic E-state index is 0.506. The fourth-order valence-corrected chi connectivity index (χ4v) is 2.45. The molecule has 0 bridgehead atoms. The summed E-state index contributed by atoms with van der Waals surface area (Å²) in [5, 5.41) is 7.50. The van der Waals surface area contributed by atoms with Crippen LogP contribution >= 0.6 is 0 Å². The maximum absolute atomic E-state index is 4.76. The molecule has 0 saturated heterocycles. The maximum atomic E-state index is 4.76. The molecule has 0 aliphatic heterocycles. The molecule has 5 heteroatoms. The summed E-state index contributed by atoms with van der Waals surface area (Å²) in [7, 11) is 0. The quantitative estimate of drug-likeness (QED) is 0.830. The molecule has 1 unspecified atom stereocenters. The molecular weight excluding hydrogens is 240 g/mol. The van der Waals surface area contributed by atoms with Crippen LogP contribution in [-0.4, -0.2) is 21.3 Å². The van der Waals surface area contributed by atoms with Gasteiger partial charge in [0.1, 0.15) is 0 Å². The van der Waals surface area contributed by atoms with Crippen molar-refractivity contribution in [3.63, 3.8) is 0 Å². The van der Waals surface area contributed by atoms with Gasteiger partial charge in [-0.3, -0.25) is 0 Å². The second-order valence-electron chi connectivity index (χ2n) is 5.23. The van der Waals surface area contributed by atoms with Crippen molar-refractivity contribution < 1.29 is 4.52 Å². The smallest absolute Gasteiger partial charge is 0.213 e. The maximum Gasteiger partial charge on any atom is 0.213 e. The number of nitrogens with zero attached hydrogens (tertiary/aromatic N) is 3. The SMILES string of the molecule is CCCNC(c1ccn(Cc2ncon2)c1)C1CC1. The van der Waals surface area contributed by atoms with E-state index in [1.807, 2.05) is 0 Å². The van der Waals surface area contributed by atoms with Crippen LogP contribution in [0.1, 0.15) is 43.6 Å². The first kappa shape index (κ1) is 12.4. The molecular formula is C14H20N4O. The van der Waals surface area contributed by atoms with Gasteiger partial charge in [-0.15, -0.1) is 0 Å². The summed E-state index contributed by atoms with van der Waals surface area (Å²) < 4.78 is 6.87. The Hall–Kier alpha value is -1.62. The normalized spacial score (nSPS) is 16.7. The summed E-state index contributed by atoms with van der Waals surface area (Å²) in [5.41, 5.74) is 1.37. The van der Waals surface area contributed by atoms with Crippen molar-refractivity contribution in [2.45, 2.75) is 38.8 Å². The Balaban J connectivity index is 1.68. The Bertz CT molecular complexity index is 501. The molecule has 2 aromatic heterocycles. The number of hydrogen-bond acceptors (Lipinski definition) is 4. The Morgan fingerprint density at radius 3 is 3.11 bits per heavy atom. The van der Waals surface area contributed by atoms with E-state index < -0.39 is 0 Å². The largest absolute Gasteiger partial charge is 0.346 e. The Morgan fingerprint density at radius 1 is 1.53 bits per heavy atom. The average molecular weight is 260 g/mol. The van der Waals surface area contributed by atoms with Crippen molar-refractivity contribution >= 4 is 0 Å². The average Bonchev–Trinajstić information content (AvgIpc) is 2.93. The predicted molar refractivity (Wildman–Crippen MR) is 71.6 cm³/mol. The van der Waals surface area contributed by atoms with Gasteiger partial charge in [0.25, 0.3) is 0 Å². The van der Waals surface area contributed by atoms with E-state index in [-0.39, 0.29) is 0 Å². The van der Waals surface area contributed by atoms with E-state index in [0.29, 0.717) is 18.4 Å². The number of aromatic nitrogens is 3. The molecule has 1 aliphatic carbocycles. The summed E-state index contributed by atoms with van der Waals surface area (Å²) in [5.74, 6) is 1.53. The zero-order valence-electron chi connectivity index (χ0n) is 11.2. The van der Waals surface area contributed by atoms with E-state index in [0.717, 1.165) is 12.5 Å². The lowest BCUT2D eigenvalue weighted by Crippen LogP contribution is -2.23. The van der Waals surface area contributed by atoms with Crippen molar-refractivity contribution in [2.75, 3.05) is 6.54 Å². The lowest BCUT2D eigenvalue weighted by Gasteiger charge is -2.16. The fourth-order valence-electron chi connectivity index (χ4n) is 2.45. The highest BCUT2D eigenvalue weighted by atomic mass is 16.5. The summed E-state index contributed by atoms with van der Waals surface area (Å²) in [6, 6.07) is 2.71. The predicted octanol–water partition coefficient (Wildman–Crippen LogP) is 2.37. The van der Waals surface area contributed by atoms with Crippen LogP contribution in [0.15, 0.2) is 29.4 Å². The lowest BCUT2D eigenvalue weighted by molar-refractivity contribution is 0.408. The van der Waals surface area contributed by atoms with Crippen LogP contribution in [0.4, 0.5) is 0 Å². The summed E-state index contributed by atoms with van der Waals surface area (Å²) in [6.45, 7) is 3.96. The van der Waals surface area contributed by atoms with E-state index in [1.54, 1.807) is 0 Å². The van der Waals surface area contributed by atoms with Gasteiger partial charge in [0.15, 0.2) is 5.82 Å². The fraction of sp³-hybridized carbons (Fsp3) is 0.571. The van der Waals surface area contributed by atoms with Gasteiger partial charge in [0, 0.05) is 18.4 Å².